The first-order valence-corrected chi connectivity index (χ1v) is 6.52. The van der Waals surface area contributed by atoms with Gasteiger partial charge in [0.05, 0.1) is 11.4 Å². The van der Waals surface area contributed by atoms with Gasteiger partial charge in [-0.05, 0) is 37.1 Å². The highest BCUT2D eigenvalue weighted by molar-refractivity contribution is 5.67. The van der Waals surface area contributed by atoms with Crippen LogP contribution >= 0.6 is 0 Å². The van der Waals surface area contributed by atoms with Crippen molar-refractivity contribution in [1.29, 1.82) is 0 Å². The van der Waals surface area contributed by atoms with E-state index in [4.69, 9.17) is 5.73 Å². The molecule has 0 bridgehead atoms. The molecule has 0 aliphatic heterocycles. The van der Waals surface area contributed by atoms with E-state index in [-0.39, 0.29) is 17.7 Å². The van der Waals surface area contributed by atoms with Gasteiger partial charge in [-0.1, -0.05) is 24.3 Å². The Bertz CT molecular complexity index is 597. The number of nitrogens with two attached hydrogens (primary N) is 1. The third kappa shape index (κ3) is 2.96. The van der Waals surface area contributed by atoms with Crippen LogP contribution in [0.4, 0.5) is 20.2 Å². The number of halogens is 2. The average Bonchev–Trinajstić information content (AvgIpc) is 2.38. The molecule has 0 saturated heterocycles. The Morgan fingerprint density at radius 3 is 2.35 bits per heavy atom. The van der Waals surface area contributed by atoms with Gasteiger partial charge in [0.2, 0.25) is 0 Å². The molecule has 2 N–H and O–H groups in total. The predicted octanol–water partition coefficient (Wildman–Crippen LogP) is 3.62. The van der Waals surface area contributed by atoms with Gasteiger partial charge in [-0.2, -0.15) is 0 Å². The lowest BCUT2D eigenvalue weighted by atomic mass is 10.0. The fourth-order valence-electron chi connectivity index (χ4n) is 2.29. The van der Waals surface area contributed by atoms with E-state index in [9.17, 15) is 8.78 Å². The summed E-state index contributed by atoms with van der Waals surface area (Å²) in [5, 5.41) is 0. The van der Waals surface area contributed by atoms with Crippen molar-refractivity contribution in [3.63, 3.8) is 0 Å². The second kappa shape index (κ2) is 6.01. The first kappa shape index (κ1) is 14.5. The molecular weight excluding hydrogens is 258 g/mol. The monoisotopic (exact) mass is 276 g/mol. The molecule has 0 saturated carbocycles. The van der Waals surface area contributed by atoms with E-state index in [0.29, 0.717) is 17.8 Å². The van der Waals surface area contributed by atoms with Gasteiger partial charge in [0, 0.05) is 13.1 Å². The third-order valence-corrected chi connectivity index (χ3v) is 3.16. The van der Waals surface area contributed by atoms with Crippen LogP contribution < -0.4 is 10.6 Å². The molecule has 2 aromatic rings. The number of rotatable bonds is 4. The summed E-state index contributed by atoms with van der Waals surface area (Å²) in [7, 11) is 1.65. The van der Waals surface area contributed by atoms with Crippen LogP contribution in [0, 0.1) is 11.6 Å². The second-order valence-corrected chi connectivity index (χ2v) is 4.94. The molecule has 0 fully saturated rings. The first-order chi connectivity index (χ1) is 9.50. The summed E-state index contributed by atoms with van der Waals surface area (Å²) in [5.41, 5.74) is 7.27. The Kier molecular flexibility index (Phi) is 4.35. The Morgan fingerprint density at radius 2 is 1.70 bits per heavy atom. The molecule has 106 valence electrons. The van der Waals surface area contributed by atoms with E-state index in [1.54, 1.807) is 31.3 Å². The summed E-state index contributed by atoms with van der Waals surface area (Å²) >= 11 is 0. The molecule has 0 spiro atoms. The fraction of sp³-hybridized carbons (Fsp3) is 0.250. The SMILES string of the molecule is CC(N)Cc1cccc(F)c1N(C)c1ccccc1F. The van der Waals surface area contributed by atoms with Crippen LogP contribution in [0.3, 0.4) is 0 Å². The zero-order valence-corrected chi connectivity index (χ0v) is 11.6. The molecule has 2 aromatic carbocycles. The van der Waals surface area contributed by atoms with Crippen LogP contribution in [0.15, 0.2) is 42.5 Å². The standard InChI is InChI=1S/C16H18F2N2/c1-11(19)10-12-6-5-8-14(18)16(12)20(2)15-9-4-3-7-13(15)17/h3-9,11H,10,19H2,1-2H3. The normalized spacial score (nSPS) is 12.2. The zero-order valence-electron chi connectivity index (χ0n) is 11.6. The lowest BCUT2D eigenvalue weighted by Gasteiger charge is -2.24. The Hall–Kier alpha value is -1.94. The molecule has 4 heteroatoms. The maximum absolute atomic E-state index is 14.2. The number of hydrogen-bond acceptors (Lipinski definition) is 2. The number of nitrogens with zero attached hydrogens (tertiary/aromatic N) is 1. The molecular formula is C16H18F2N2. The highest BCUT2D eigenvalue weighted by Gasteiger charge is 2.17. The Labute approximate surface area is 117 Å². The molecule has 1 atom stereocenters. The van der Waals surface area contributed by atoms with Crippen molar-refractivity contribution in [2.45, 2.75) is 19.4 Å². The quantitative estimate of drug-likeness (QED) is 0.924. The van der Waals surface area contributed by atoms with Crippen molar-refractivity contribution in [3.8, 4) is 0 Å². The van der Waals surface area contributed by atoms with Crippen molar-refractivity contribution in [2.24, 2.45) is 5.73 Å². The summed E-state index contributed by atoms with van der Waals surface area (Å²) < 4.78 is 28.0. The van der Waals surface area contributed by atoms with E-state index >= 15 is 0 Å². The number of benzene rings is 2. The topological polar surface area (TPSA) is 29.3 Å². The molecule has 0 amide bonds. The molecule has 20 heavy (non-hydrogen) atoms. The molecule has 0 radical (unpaired) electrons. The van der Waals surface area contributed by atoms with Crippen molar-refractivity contribution in [3.05, 3.63) is 59.7 Å². The summed E-state index contributed by atoms with van der Waals surface area (Å²) in [6.45, 7) is 1.86. The first-order valence-electron chi connectivity index (χ1n) is 6.52. The second-order valence-electron chi connectivity index (χ2n) is 4.94. The van der Waals surface area contributed by atoms with E-state index in [1.807, 2.05) is 13.0 Å². The Balaban J connectivity index is 2.49. The van der Waals surface area contributed by atoms with Gasteiger partial charge in [-0.3, -0.25) is 0 Å². The summed E-state index contributed by atoms with van der Waals surface area (Å²) in [6, 6.07) is 11.1. The van der Waals surface area contributed by atoms with Crippen molar-refractivity contribution in [1.82, 2.24) is 0 Å². The molecule has 1 unspecified atom stereocenters. The van der Waals surface area contributed by atoms with E-state index in [0.717, 1.165) is 5.56 Å². The van der Waals surface area contributed by atoms with Crippen LogP contribution in [-0.2, 0) is 6.42 Å². The molecule has 2 nitrogen and oxygen atoms in total. The van der Waals surface area contributed by atoms with E-state index in [1.165, 1.54) is 17.0 Å². The van der Waals surface area contributed by atoms with Crippen molar-refractivity contribution in [2.75, 3.05) is 11.9 Å². The van der Waals surface area contributed by atoms with Gasteiger partial charge in [0.15, 0.2) is 0 Å². The van der Waals surface area contributed by atoms with Gasteiger partial charge < -0.3 is 10.6 Å². The predicted molar refractivity (Wildman–Crippen MR) is 78.2 cm³/mol. The molecule has 0 aliphatic carbocycles. The van der Waals surface area contributed by atoms with Crippen molar-refractivity contribution >= 4 is 11.4 Å². The Morgan fingerprint density at radius 1 is 1.05 bits per heavy atom. The summed E-state index contributed by atoms with van der Waals surface area (Å²) in [6.07, 6.45) is 0.534. The smallest absolute Gasteiger partial charge is 0.147 e. The number of anilines is 2. The van der Waals surface area contributed by atoms with Gasteiger partial charge in [-0.15, -0.1) is 0 Å². The maximum atomic E-state index is 14.2. The highest BCUT2D eigenvalue weighted by atomic mass is 19.1. The van der Waals surface area contributed by atoms with Crippen LogP contribution in [-0.4, -0.2) is 13.1 Å². The van der Waals surface area contributed by atoms with Crippen LogP contribution in [0.1, 0.15) is 12.5 Å². The summed E-state index contributed by atoms with van der Waals surface area (Å²) in [5.74, 6) is -0.765. The fourth-order valence-corrected chi connectivity index (χ4v) is 2.29. The lowest BCUT2D eigenvalue weighted by Crippen LogP contribution is -2.21. The number of hydrogen-bond donors (Lipinski definition) is 1. The van der Waals surface area contributed by atoms with Crippen LogP contribution in [0.5, 0.6) is 0 Å². The highest BCUT2D eigenvalue weighted by Crippen LogP contribution is 2.31. The minimum Gasteiger partial charge on any atom is -0.340 e. The summed E-state index contributed by atoms with van der Waals surface area (Å²) in [4.78, 5) is 1.53. The number of para-hydroxylation sites is 2. The van der Waals surface area contributed by atoms with Gasteiger partial charge >= 0.3 is 0 Å². The van der Waals surface area contributed by atoms with Gasteiger partial charge in [0.25, 0.3) is 0 Å². The van der Waals surface area contributed by atoms with Gasteiger partial charge in [-0.25, -0.2) is 8.78 Å². The maximum Gasteiger partial charge on any atom is 0.147 e. The molecule has 0 heterocycles. The van der Waals surface area contributed by atoms with Gasteiger partial charge in [0.1, 0.15) is 11.6 Å². The third-order valence-electron chi connectivity index (χ3n) is 3.16. The van der Waals surface area contributed by atoms with Crippen molar-refractivity contribution < 1.29 is 8.78 Å². The molecule has 2 rings (SSSR count). The van der Waals surface area contributed by atoms with E-state index in [2.05, 4.69) is 0 Å². The van der Waals surface area contributed by atoms with Crippen LogP contribution in [0.2, 0.25) is 0 Å². The average molecular weight is 276 g/mol. The minimum absolute atomic E-state index is 0.0930. The van der Waals surface area contributed by atoms with Crippen LogP contribution in [0.25, 0.3) is 0 Å². The lowest BCUT2D eigenvalue weighted by molar-refractivity contribution is 0.614. The molecule has 0 aromatic heterocycles. The van der Waals surface area contributed by atoms with E-state index < -0.39 is 0 Å². The minimum atomic E-state index is -0.384. The zero-order chi connectivity index (χ0) is 14.7. The largest absolute Gasteiger partial charge is 0.340 e. The molecule has 0 aliphatic rings.